The van der Waals surface area contributed by atoms with Crippen molar-refractivity contribution in [1.29, 1.82) is 0 Å². The maximum atomic E-state index is 13.2. The highest BCUT2D eigenvalue weighted by Crippen LogP contribution is 2.55. The third kappa shape index (κ3) is 1.50. The van der Waals surface area contributed by atoms with Crippen molar-refractivity contribution in [2.45, 2.75) is 11.8 Å². The van der Waals surface area contributed by atoms with Gasteiger partial charge < -0.3 is 0 Å². The Kier molecular flexibility index (Phi) is 2.85. The monoisotopic (exact) mass is 310 g/mol. The van der Waals surface area contributed by atoms with E-state index in [1.54, 1.807) is 0 Å². The zero-order valence-electron chi connectivity index (χ0n) is 8.78. The molecule has 1 aromatic carbocycles. The molecule has 0 saturated heterocycles. The van der Waals surface area contributed by atoms with Crippen molar-refractivity contribution in [3.8, 4) is 0 Å². The average molecular weight is 310 g/mol. The van der Waals surface area contributed by atoms with E-state index >= 15 is 0 Å². The van der Waals surface area contributed by atoms with Gasteiger partial charge in [0.25, 0.3) is 0 Å². The second-order valence-electron chi connectivity index (χ2n) is 3.78. The second-order valence-corrected chi connectivity index (χ2v) is 3.78. The average Bonchev–Trinajstić information content (AvgIpc) is 2.36. The highest BCUT2D eigenvalue weighted by molar-refractivity contribution is 5.49. The number of hydrogen-bond donors (Lipinski definition) is 0. The first-order valence-corrected chi connectivity index (χ1v) is 4.64. The summed E-state index contributed by atoms with van der Waals surface area (Å²) in [4.78, 5) is 0. The zero-order chi connectivity index (χ0) is 15.6. The van der Waals surface area contributed by atoms with Crippen LogP contribution in [0.15, 0.2) is 11.7 Å². The molecule has 0 fully saturated rings. The van der Waals surface area contributed by atoms with Gasteiger partial charge in [-0.2, -0.15) is 17.6 Å². The number of fused-ring (bicyclic) bond motifs is 1. The molecule has 110 valence electrons. The molecule has 0 atom stereocenters. The Labute approximate surface area is 103 Å². The number of benzene rings is 1. The first-order valence-electron chi connectivity index (χ1n) is 4.64. The van der Waals surface area contributed by atoms with Gasteiger partial charge in [-0.25, -0.2) is 26.3 Å². The molecule has 0 saturated carbocycles. The largest absolute Gasteiger partial charge is 0.330 e. The molecule has 0 unspecified atom stereocenters. The van der Waals surface area contributed by atoms with Crippen LogP contribution in [0.1, 0.15) is 11.1 Å². The molecule has 0 N–H and O–H groups in total. The summed E-state index contributed by atoms with van der Waals surface area (Å²) in [6, 6.07) is 0. The van der Waals surface area contributed by atoms with Crippen LogP contribution in [0.2, 0.25) is 0 Å². The molecule has 0 bridgehead atoms. The van der Waals surface area contributed by atoms with Gasteiger partial charge in [-0.1, -0.05) is 0 Å². The topological polar surface area (TPSA) is 0 Å². The molecule has 10 heteroatoms. The van der Waals surface area contributed by atoms with Crippen molar-refractivity contribution in [1.82, 2.24) is 0 Å². The van der Waals surface area contributed by atoms with E-state index in [-0.39, 0.29) is 0 Å². The van der Waals surface area contributed by atoms with E-state index in [9.17, 15) is 43.9 Å². The fourth-order valence-electron chi connectivity index (χ4n) is 1.72. The van der Waals surface area contributed by atoms with Gasteiger partial charge in [0.15, 0.2) is 23.3 Å². The van der Waals surface area contributed by atoms with Gasteiger partial charge in [-0.15, -0.1) is 0 Å². The van der Waals surface area contributed by atoms with E-state index in [1.165, 1.54) is 0 Å². The Hall–Kier alpha value is -1.74. The molecule has 1 aromatic rings. The SMILES string of the molecule is FC1=C(F)C(F)(F)c2c(F)c(F)c(F)c(F)c2C1(F)F. The molecule has 1 aliphatic rings. The van der Waals surface area contributed by atoms with Crippen molar-refractivity contribution >= 4 is 0 Å². The fourth-order valence-corrected chi connectivity index (χ4v) is 1.72. The molecule has 0 radical (unpaired) electrons. The lowest BCUT2D eigenvalue weighted by Crippen LogP contribution is -2.35. The summed E-state index contributed by atoms with van der Waals surface area (Å²) in [7, 11) is 0. The summed E-state index contributed by atoms with van der Waals surface area (Å²) in [6.45, 7) is 0. The summed E-state index contributed by atoms with van der Waals surface area (Å²) in [5.74, 6) is -29.1. The highest BCUT2D eigenvalue weighted by Gasteiger charge is 2.61. The lowest BCUT2D eigenvalue weighted by Gasteiger charge is -2.29. The van der Waals surface area contributed by atoms with Crippen LogP contribution in [0.3, 0.4) is 0 Å². The molecule has 2 rings (SSSR count). The predicted octanol–water partition coefficient (Wildman–Crippen LogP) is 4.59. The number of alkyl halides is 4. The van der Waals surface area contributed by atoms with Crippen molar-refractivity contribution in [3.63, 3.8) is 0 Å². The third-order valence-electron chi connectivity index (χ3n) is 2.64. The smallest absolute Gasteiger partial charge is 0.203 e. The van der Waals surface area contributed by atoms with Gasteiger partial charge in [0.1, 0.15) is 0 Å². The Bertz CT molecular complexity index is 587. The van der Waals surface area contributed by atoms with Crippen LogP contribution in [-0.2, 0) is 11.8 Å². The highest BCUT2D eigenvalue weighted by atomic mass is 19.3. The molecule has 0 heterocycles. The third-order valence-corrected chi connectivity index (χ3v) is 2.64. The summed E-state index contributed by atoms with van der Waals surface area (Å²) < 4.78 is 131. The number of hydrogen-bond acceptors (Lipinski definition) is 0. The Balaban J connectivity index is 3.05. The van der Waals surface area contributed by atoms with Crippen LogP contribution < -0.4 is 0 Å². The minimum Gasteiger partial charge on any atom is -0.203 e. The standard InChI is InChI=1S/C10F10/c11-3-1-2(4(12)6(14)5(3)13)10(19,20)8(16)7(15)9(1,17)18. The molecule has 20 heavy (non-hydrogen) atoms. The quantitative estimate of drug-likeness (QED) is 0.373. The van der Waals surface area contributed by atoms with E-state index in [0.29, 0.717) is 0 Å². The predicted molar refractivity (Wildman–Crippen MR) is 43.3 cm³/mol. The lowest BCUT2D eigenvalue weighted by atomic mass is 9.88. The van der Waals surface area contributed by atoms with E-state index < -0.39 is 57.9 Å². The van der Waals surface area contributed by atoms with E-state index in [0.717, 1.165) is 0 Å². The van der Waals surface area contributed by atoms with Crippen LogP contribution in [-0.4, -0.2) is 0 Å². The maximum absolute atomic E-state index is 13.2. The van der Waals surface area contributed by atoms with Crippen molar-refractivity contribution in [2.75, 3.05) is 0 Å². The Morgan fingerprint density at radius 3 is 0.950 bits per heavy atom. The van der Waals surface area contributed by atoms with E-state index in [1.807, 2.05) is 0 Å². The fraction of sp³-hybridized carbons (Fsp3) is 0.200. The van der Waals surface area contributed by atoms with Gasteiger partial charge in [0.2, 0.25) is 11.7 Å². The molecular weight excluding hydrogens is 310 g/mol. The van der Waals surface area contributed by atoms with Crippen LogP contribution >= 0.6 is 0 Å². The number of halogens is 10. The van der Waals surface area contributed by atoms with Gasteiger partial charge in [0.05, 0.1) is 11.1 Å². The van der Waals surface area contributed by atoms with Crippen LogP contribution in [0, 0.1) is 23.3 Å². The zero-order valence-corrected chi connectivity index (χ0v) is 8.78. The lowest BCUT2D eigenvalue weighted by molar-refractivity contribution is -0.0544. The Morgan fingerprint density at radius 1 is 0.450 bits per heavy atom. The molecule has 0 amide bonds. The van der Waals surface area contributed by atoms with E-state index in [2.05, 4.69) is 0 Å². The van der Waals surface area contributed by atoms with Crippen molar-refractivity contribution in [2.24, 2.45) is 0 Å². The van der Waals surface area contributed by atoms with Gasteiger partial charge in [-0.05, 0) is 0 Å². The molecular formula is C10F10. The minimum atomic E-state index is -5.40. The van der Waals surface area contributed by atoms with Gasteiger partial charge in [0, 0.05) is 0 Å². The Morgan fingerprint density at radius 2 is 0.700 bits per heavy atom. The van der Waals surface area contributed by atoms with Gasteiger partial charge >= 0.3 is 11.8 Å². The molecule has 0 aromatic heterocycles. The summed E-state index contributed by atoms with van der Waals surface area (Å²) in [5, 5.41) is 0. The molecule has 0 spiro atoms. The van der Waals surface area contributed by atoms with Crippen molar-refractivity contribution in [3.05, 3.63) is 46.0 Å². The molecule has 0 nitrogen and oxygen atoms in total. The summed E-state index contributed by atoms with van der Waals surface area (Å²) in [6.07, 6.45) is 0. The first kappa shape index (κ1) is 14.7. The molecule has 1 aliphatic carbocycles. The van der Waals surface area contributed by atoms with Crippen LogP contribution in [0.4, 0.5) is 43.9 Å². The summed E-state index contributed by atoms with van der Waals surface area (Å²) >= 11 is 0. The minimum absolute atomic E-state index is 2.78. The van der Waals surface area contributed by atoms with Gasteiger partial charge in [-0.3, -0.25) is 0 Å². The second kappa shape index (κ2) is 3.89. The molecule has 0 aliphatic heterocycles. The number of rotatable bonds is 0. The number of allylic oxidation sites excluding steroid dienone is 2. The first-order chi connectivity index (χ1) is 8.95. The van der Waals surface area contributed by atoms with Crippen molar-refractivity contribution < 1.29 is 43.9 Å². The summed E-state index contributed by atoms with van der Waals surface area (Å²) in [5.41, 5.74) is -5.56. The maximum Gasteiger partial charge on any atom is 0.330 e. The van der Waals surface area contributed by atoms with E-state index in [4.69, 9.17) is 0 Å². The van der Waals surface area contributed by atoms with Crippen LogP contribution in [0.5, 0.6) is 0 Å². The van der Waals surface area contributed by atoms with Crippen LogP contribution in [0.25, 0.3) is 0 Å². The normalized spacial score (nSPS) is 20.1.